The lowest BCUT2D eigenvalue weighted by atomic mass is 9.85. The maximum Gasteiger partial charge on any atom is 0.230 e. The molecule has 2 N–H and O–H groups in total. The lowest BCUT2D eigenvalue weighted by molar-refractivity contribution is -0.133. The van der Waals surface area contributed by atoms with E-state index in [1.807, 2.05) is 18.7 Å². The number of hydrogen-bond acceptors (Lipinski definition) is 5. The second kappa shape index (κ2) is 8.94. The highest BCUT2D eigenvalue weighted by molar-refractivity contribution is 6.30. The van der Waals surface area contributed by atoms with Crippen LogP contribution in [0.1, 0.15) is 62.3 Å². The number of carbonyl (C=O) groups excluding carboxylic acids is 1. The highest BCUT2D eigenvalue weighted by Crippen LogP contribution is 2.37. The highest BCUT2D eigenvalue weighted by Gasteiger charge is 2.34. The first-order valence-corrected chi connectivity index (χ1v) is 11.6. The number of aromatic nitrogens is 2. The normalized spacial score (nSPS) is 19.8. The molecule has 2 atom stereocenters. The van der Waals surface area contributed by atoms with Crippen molar-refractivity contribution in [2.75, 3.05) is 31.1 Å². The number of halogens is 2. The summed E-state index contributed by atoms with van der Waals surface area (Å²) in [7, 11) is 0. The zero-order valence-electron chi connectivity index (χ0n) is 18.9. The van der Waals surface area contributed by atoms with Crippen LogP contribution < -0.4 is 10.6 Å². The largest absolute Gasteiger partial charge is 0.353 e. The Morgan fingerprint density at radius 1 is 1.28 bits per heavy atom. The van der Waals surface area contributed by atoms with Crippen LogP contribution in [0.5, 0.6) is 0 Å². The van der Waals surface area contributed by atoms with Gasteiger partial charge in [-0.05, 0) is 56.7 Å². The van der Waals surface area contributed by atoms with Gasteiger partial charge in [-0.2, -0.15) is 0 Å². The third-order valence-electron chi connectivity index (χ3n) is 6.52. The number of aryl methyl sites for hydroxylation is 1. The van der Waals surface area contributed by atoms with Crippen LogP contribution in [0, 0.1) is 5.82 Å². The SMILES string of the molecule is C[C@@H]1CCc2ncnc(N3CCN(C(=O)[C@H](CC(C)(C)N)c4ccc(Cl)c(F)c4)CC3)c21. The number of rotatable bonds is 5. The molecule has 2 aromatic rings. The standard InChI is InChI=1S/C24H31ClFN5O/c1-15-4-7-20-21(15)22(29-14-28-20)30-8-10-31(11-9-30)23(32)17(13-24(2,3)27)16-5-6-18(25)19(26)12-16/h5-6,12,14-15,17H,4,7-11,13,27H2,1-3H3/t15-,17-/m1/s1. The van der Waals surface area contributed by atoms with E-state index in [-0.39, 0.29) is 10.9 Å². The van der Waals surface area contributed by atoms with Crippen molar-refractivity contribution in [3.63, 3.8) is 0 Å². The van der Waals surface area contributed by atoms with Crippen LogP contribution in [-0.4, -0.2) is 52.5 Å². The van der Waals surface area contributed by atoms with Crippen molar-refractivity contribution >= 4 is 23.3 Å². The van der Waals surface area contributed by atoms with Gasteiger partial charge in [0.1, 0.15) is 18.0 Å². The van der Waals surface area contributed by atoms with E-state index in [2.05, 4.69) is 21.8 Å². The molecule has 0 radical (unpaired) electrons. The van der Waals surface area contributed by atoms with Crippen LogP contribution in [0.3, 0.4) is 0 Å². The quantitative estimate of drug-likeness (QED) is 0.734. The molecule has 1 aliphatic heterocycles. The summed E-state index contributed by atoms with van der Waals surface area (Å²) in [4.78, 5) is 26.7. The van der Waals surface area contributed by atoms with Gasteiger partial charge in [0.05, 0.1) is 10.9 Å². The molecule has 0 unspecified atom stereocenters. The Balaban J connectivity index is 1.51. The van der Waals surface area contributed by atoms with Gasteiger partial charge >= 0.3 is 0 Å². The van der Waals surface area contributed by atoms with Gasteiger partial charge in [-0.3, -0.25) is 4.79 Å². The molecule has 1 aromatic carbocycles. The molecule has 0 saturated carbocycles. The number of amides is 1. The smallest absolute Gasteiger partial charge is 0.230 e. The maximum atomic E-state index is 14.2. The third-order valence-corrected chi connectivity index (χ3v) is 6.82. The molecule has 0 bridgehead atoms. The topological polar surface area (TPSA) is 75.4 Å². The Kier molecular flexibility index (Phi) is 6.41. The Bertz CT molecular complexity index is 1000. The molecular weight excluding hydrogens is 429 g/mol. The van der Waals surface area contributed by atoms with E-state index >= 15 is 0 Å². The summed E-state index contributed by atoms with van der Waals surface area (Å²) in [6.45, 7) is 8.57. The fourth-order valence-electron chi connectivity index (χ4n) is 4.84. The lowest BCUT2D eigenvalue weighted by Gasteiger charge is -2.38. The Labute approximate surface area is 194 Å². The fourth-order valence-corrected chi connectivity index (χ4v) is 4.95. The zero-order valence-corrected chi connectivity index (χ0v) is 19.7. The van der Waals surface area contributed by atoms with Crippen LogP contribution in [-0.2, 0) is 11.2 Å². The van der Waals surface area contributed by atoms with Crippen molar-refractivity contribution in [2.45, 2.75) is 57.4 Å². The van der Waals surface area contributed by atoms with Crippen LogP contribution in [0.2, 0.25) is 5.02 Å². The van der Waals surface area contributed by atoms with E-state index in [4.69, 9.17) is 17.3 Å². The molecule has 1 aromatic heterocycles. The molecule has 2 aliphatic rings. The number of benzene rings is 1. The first kappa shape index (κ1) is 22.9. The van der Waals surface area contributed by atoms with Gasteiger partial charge in [0.25, 0.3) is 0 Å². The molecule has 1 saturated heterocycles. The molecular formula is C24H31ClFN5O. The Morgan fingerprint density at radius 2 is 2.00 bits per heavy atom. The van der Waals surface area contributed by atoms with Gasteiger partial charge in [-0.15, -0.1) is 0 Å². The predicted octanol–water partition coefficient (Wildman–Crippen LogP) is 3.88. The number of piperazine rings is 1. The summed E-state index contributed by atoms with van der Waals surface area (Å²) in [5.41, 5.74) is 8.70. The number of anilines is 1. The molecule has 1 amide bonds. The summed E-state index contributed by atoms with van der Waals surface area (Å²) >= 11 is 5.86. The van der Waals surface area contributed by atoms with Crippen molar-refractivity contribution in [1.29, 1.82) is 0 Å². The number of carbonyl (C=O) groups is 1. The summed E-state index contributed by atoms with van der Waals surface area (Å²) in [5.74, 6) is 0.402. The Morgan fingerprint density at radius 3 is 2.66 bits per heavy atom. The van der Waals surface area contributed by atoms with Crippen LogP contribution in [0.25, 0.3) is 0 Å². The average Bonchev–Trinajstić information content (AvgIpc) is 3.14. The summed E-state index contributed by atoms with van der Waals surface area (Å²) < 4.78 is 14.2. The van der Waals surface area contributed by atoms with E-state index in [0.717, 1.165) is 24.4 Å². The molecule has 1 aliphatic carbocycles. The average molecular weight is 460 g/mol. The molecule has 32 heavy (non-hydrogen) atoms. The minimum atomic E-state index is -0.573. The second-order valence-corrected chi connectivity index (χ2v) is 10.1. The van der Waals surface area contributed by atoms with E-state index in [9.17, 15) is 9.18 Å². The second-order valence-electron chi connectivity index (χ2n) is 9.73. The van der Waals surface area contributed by atoms with Gasteiger partial charge in [-0.1, -0.05) is 24.6 Å². The minimum absolute atomic E-state index is 0.0221. The fraction of sp³-hybridized carbons (Fsp3) is 0.542. The van der Waals surface area contributed by atoms with Crippen molar-refractivity contribution in [1.82, 2.24) is 14.9 Å². The molecule has 4 rings (SSSR count). The maximum absolute atomic E-state index is 14.2. The zero-order chi connectivity index (χ0) is 23.0. The predicted molar refractivity (Wildman–Crippen MR) is 125 cm³/mol. The summed E-state index contributed by atoms with van der Waals surface area (Å²) in [6, 6.07) is 4.59. The van der Waals surface area contributed by atoms with Crippen molar-refractivity contribution < 1.29 is 9.18 Å². The summed E-state index contributed by atoms with van der Waals surface area (Å²) in [6.07, 6.45) is 4.18. The van der Waals surface area contributed by atoms with Gasteiger partial charge < -0.3 is 15.5 Å². The lowest BCUT2D eigenvalue weighted by Crippen LogP contribution is -2.51. The molecule has 1 fully saturated rings. The van der Waals surface area contributed by atoms with E-state index < -0.39 is 17.3 Å². The number of fused-ring (bicyclic) bond motifs is 1. The van der Waals surface area contributed by atoms with Gasteiger partial charge in [-0.25, -0.2) is 14.4 Å². The van der Waals surface area contributed by atoms with E-state index in [1.165, 1.54) is 17.7 Å². The minimum Gasteiger partial charge on any atom is -0.353 e. The number of nitrogens with two attached hydrogens (primary N) is 1. The van der Waals surface area contributed by atoms with Crippen LogP contribution in [0.15, 0.2) is 24.5 Å². The monoisotopic (exact) mass is 459 g/mol. The molecule has 0 spiro atoms. The summed E-state index contributed by atoms with van der Waals surface area (Å²) in [5, 5.41) is 0.0483. The first-order valence-electron chi connectivity index (χ1n) is 11.3. The van der Waals surface area contributed by atoms with Crippen LogP contribution >= 0.6 is 11.6 Å². The van der Waals surface area contributed by atoms with Gasteiger partial charge in [0.15, 0.2) is 0 Å². The van der Waals surface area contributed by atoms with Crippen molar-refractivity contribution in [3.8, 4) is 0 Å². The van der Waals surface area contributed by atoms with Gasteiger partial charge in [0, 0.05) is 43.0 Å². The van der Waals surface area contributed by atoms with E-state index in [1.54, 1.807) is 12.4 Å². The third kappa shape index (κ3) is 4.74. The van der Waals surface area contributed by atoms with E-state index in [0.29, 0.717) is 44.1 Å². The van der Waals surface area contributed by atoms with Gasteiger partial charge in [0.2, 0.25) is 5.91 Å². The Hall–Kier alpha value is -2.25. The van der Waals surface area contributed by atoms with Crippen molar-refractivity contribution in [2.24, 2.45) is 5.73 Å². The molecule has 8 heteroatoms. The molecule has 2 heterocycles. The molecule has 172 valence electrons. The first-order chi connectivity index (χ1) is 15.1. The number of nitrogens with zero attached hydrogens (tertiary/aromatic N) is 4. The number of hydrogen-bond donors (Lipinski definition) is 1. The van der Waals surface area contributed by atoms with Crippen molar-refractivity contribution in [3.05, 3.63) is 52.2 Å². The molecule has 6 nitrogen and oxygen atoms in total. The highest BCUT2D eigenvalue weighted by atomic mass is 35.5. The van der Waals surface area contributed by atoms with Crippen LogP contribution in [0.4, 0.5) is 10.2 Å².